The fourth-order valence-electron chi connectivity index (χ4n) is 1.98. The minimum Gasteiger partial charge on any atom is -0.324 e. The first-order valence-corrected chi connectivity index (χ1v) is 9.45. The zero-order valence-corrected chi connectivity index (χ0v) is 13.7. The van der Waals surface area contributed by atoms with Gasteiger partial charge in [0.2, 0.25) is 0 Å². The molecule has 21 heavy (non-hydrogen) atoms. The predicted molar refractivity (Wildman–Crippen MR) is 87.3 cm³/mol. The molecule has 0 unspecified atom stereocenters. The Labute approximate surface area is 130 Å². The van der Waals surface area contributed by atoms with Crippen LogP contribution in [0.5, 0.6) is 0 Å². The Morgan fingerprint density at radius 2 is 1.71 bits per heavy atom. The maximum Gasteiger partial charge on any atom is 0.175 e. The molecule has 0 aliphatic rings. The van der Waals surface area contributed by atoms with Crippen molar-refractivity contribution in [2.24, 2.45) is 5.73 Å². The molecule has 2 rings (SSSR count). The van der Waals surface area contributed by atoms with Gasteiger partial charge in [-0.25, -0.2) is 8.42 Å². The van der Waals surface area contributed by atoms with Crippen LogP contribution in [-0.4, -0.2) is 14.7 Å². The molecule has 0 aliphatic carbocycles. The second kappa shape index (κ2) is 6.64. The van der Waals surface area contributed by atoms with E-state index in [1.165, 1.54) is 6.26 Å². The van der Waals surface area contributed by atoms with Crippen LogP contribution in [0, 0.1) is 0 Å². The zero-order chi connectivity index (χ0) is 15.5. The van der Waals surface area contributed by atoms with Gasteiger partial charge in [-0.1, -0.05) is 36.9 Å². The second-order valence-corrected chi connectivity index (χ2v) is 8.03. The minimum atomic E-state index is -3.15. The molecule has 0 heterocycles. The molecular weight excluding hydrogens is 302 g/mol. The van der Waals surface area contributed by atoms with E-state index >= 15 is 0 Å². The van der Waals surface area contributed by atoms with Crippen molar-refractivity contribution in [1.29, 1.82) is 0 Å². The topological polar surface area (TPSA) is 60.2 Å². The van der Waals surface area contributed by atoms with Crippen LogP contribution in [0.4, 0.5) is 0 Å². The van der Waals surface area contributed by atoms with Gasteiger partial charge in [-0.3, -0.25) is 0 Å². The predicted octanol–water partition coefficient (Wildman–Crippen LogP) is 3.65. The Morgan fingerprint density at radius 3 is 2.29 bits per heavy atom. The maximum absolute atomic E-state index is 11.5. The number of hydrogen-bond donors (Lipinski definition) is 1. The Balaban J connectivity index is 2.27. The average molecular weight is 321 g/mol. The first-order chi connectivity index (χ1) is 9.91. The van der Waals surface area contributed by atoms with Crippen molar-refractivity contribution >= 4 is 21.6 Å². The third kappa shape index (κ3) is 4.09. The van der Waals surface area contributed by atoms with E-state index in [0.29, 0.717) is 4.90 Å². The quantitative estimate of drug-likeness (QED) is 0.913. The summed E-state index contributed by atoms with van der Waals surface area (Å²) in [5.74, 6) is 0. The summed E-state index contributed by atoms with van der Waals surface area (Å²) in [6.07, 6.45) is 2.09. The Bertz CT molecular complexity index is 709. The summed E-state index contributed by atoms with van der Waals surface area (Å²) in [6.45, 7) is 2.06. The molecule has 2 aromatic carbocycles. The van der Waals surface area contributed by atoms with Crippen LogP contribution in [0.3, 0.4) is 0 Å². The van der Waals surface area contributed by atoms with Gasteiger partial charge < -0.3 is 5.73 Å². The number of nitrogens with two attached hydrogens (primary N) is 1. The highest BCUT2D eigenvalue weighted by atomic mass is 32.2. The molecule has 0 aromatic heterocycles. The lowest BCUT2D eigenvalue weighted by Crippen LogP contribution is -2.09. The molecule has 112 valence electrons. The van der Waals surface area contributed by atoms with Crippen LogP contribution in [-0.2, 0) is 9.84 Å². The maximum atomic E-state index is 11.5. The molecule has 5 heteroatoms. The van der Waals surface area contributed by atoms with E-state index in [1.807, 2.05) is 36.4 Å². The van der Waals surface area contributed by atoms with Crippen molar-refractivity contribution in [2.75, 3.05) is 6.26 Å². The Hall–Kier alpha value is -1.30. The first-order valence-electron chi connectivity index (χ1n) is 6.74. The molecule has 2 aromatic rings. The minimum absolute atomic E-state index is 0.0176. The van der Waals surface area contributed by atoms with Crippen molar-refractivity contribution in [3.8, 4) is 0 Å². The number of sulfone groups is 1. The zero-order valence-electron chi connectivity index (χ0n) is 12.1. The molecular formula is C16H19NO2S2. The van der Waals surface area contributed by atoms with Gasteiger partial charge in [0.1, 0.15) is 0 Å². The van der Waals surface area contributed by atoms with Crippen molar-refractivity contribution in [2.45, 2.75) is 34.1 Å². The van der Waals surface area contributed by atoms with E-state index in [-0.39, 0.29) is 6.04 Å². The van der Waals surface area contributed by atoms with Crippen LogP contribution in [0.2, 0.25) is 0 Å². The molecule has 3 nitrogen and oxygen atoms in total. The van der Waals surface area contributed by atoms with Gasteiger partial charge >= 0.3 is 0 Å². The molecule has 1 atom stereocenters. The molecule has 2 N–H and O–H groups in total. The summed E-state index contributed by atoms with van der Waals surface area (Å²) >= 11 is 1.60. The van der Waals surface area contributed by atoms with Gasteiger partial charge in [-0.15, -0.1) is 0 Å². The van der Waals surface area contributed by atoms with E-state index < -0.39 is 9.84 Å². The van der Waals surface area contributed by atoms with E-state index in [0.717, 1.165) is 21.8 Å². The monoisotopic (exact) mass is 321 g/mol. The molecule has 0 amide bonds. The largest absolute Gasteiger partial charge is 0.324 e. The average Bonchev–Trinajstić information content (AvgIpc) is 2.46. The van der Waals surface area contributed by atoms with Crippen molar-refractivity contribution in [3.05, 3.63) is 54.1 Å². The molecule has 0 aliphatic heterocycles. The molecule has 0 saturated heterocycles. The number of benzene rings is 2. The third-order valence-corrected chi connectivity index (χ3v) is 5.47. The summed E-state index contributed by atoms with van der Waals surface area (Å²) < 4.78 is 22.9. The van der Waals surface area contributed by atoms with Crippen molar-refractivity contribution in [1.82, 2.24) is 0 Å². The lowest BCUT2D eigenvalue weighted by molar-refractivity contribution is 0.602. The van der Waals surface area contributed by atoms with E-state index in [9.17, 15) is 8.42 Å². The molecule has 0 fully saturated rings. The summed E-state index contributed by atoms with van der Waals surface area (Å²) in [4.78, 5) is 2.45. The van der Waals surface area contributed by atoms with E-state index in [1.54, 1.807) is 23.9 Å². The third-order valence-electron chi connectivity index (χ3n) is 3.24. The molecule has 0 bridgehead atoms. The van der Waals surface area contributed by atoms with Crippen molar-refractivity contribution < 1.29 is 8.42 Å². The van der Waals surface area contributed by atoms with Crippen LogP contribution in [0.25, 0.3) is 0 Å². The normalized spacial score (nSPS) is 13.1. The van der Waals surface area contributed by atoms with Gasteiger partial charge in [0.25, 0.3) is 0 Å². The number of hydrogen-bond acceptors (Lipinski definition) is 4. The Kier molecular flexibility index (Phi) is 5.08. The van der Waals surface area contributed by atoms with Crippen LogP contribution < -0.4 is 5.73 Å². The SMILES string of the molecule is CC[C@@H](N)c1ccccc1Sc1ccc(S(C)(=O)=O)cc1. The summed E-state index contributed by atoms with van der Waals surface area (Å²) in [7, 11) is -3.15. The summed E-state index contributed by atoms with van der Waals surface area (Å²) in [6, 6.07) is 15.0. The standard InChI is InChI=1S/C16H19NO2S2/c1-3-15(17)14-6-4-5-7-16(14)20-12-8-10-13(11-9-12)21(2,18)19/h4-11,15H,3,17H2,1-2H3/t15-/m1/s1. The molecule has 0 spiro atoms. The fraction of sp³-hybridized carbons (Fsp3) is 0.250. The highest BCUT2D eigenvalue weighted by Crippen LogP contribution is 2.33. The Morgan fingerprint density at radius 1 is 1.10 bits per heavy atom. The van der Waals surface area contributed by atoms with Gasteiger partial charge in [0.05, 0.1) is 4.90 Å². The van der Waals surface area contributed by atoms with Crippen molar-refractivity contribution in [3.63, 3.8) is 0 Å². The van der Waals surface area contributed by atoms with Gasteiger partial charge in [0.15, 0.2) is 9.84 Å². The van der Waals surface area contributed by atoms with Crippen LogP contribution >= 0.6 is 11.8 Å². The highest BCUT2D eigenvalue weighted by molar-refractivity contribution is 7.99. The van der Waals surface area contributed by atoms with Gasteiger partial charge in [-0.05, 0) is 42.3 Å². The van der Waals surface area contributed by atoms with Gasteiger partial charge in [-0.2, -0.15) is 0 Å². The van der Waals surface area contributed by atoms with Gasteiger partial charge in [0, 0.05) is 22.1 Å². The van der Waals surface area contributed by atoms with E-state index in [2.05, 4.69) is 6.92 Å². The first kappa shape index (κ1) is 16.1. The fourth-order valence-corrected chi connectivity index (χ4v) is 3.62. The number of rotatable bonds is 5. The smallest absolute Gasteiger partial charge is 0.175 e. The lowest BCUT2D eigenvalue weighted by Gasteiger charge is -2.14. The second-order valence-electron chi connectivity index (χ2n) is 4.90. The van der Waals surface area contributed by atoms with Crippen LogP contribution in [0.15, 0.2) is 63.2 Å². The lowest BCUT2D eigenvalue weighted by atomic mass is 10.1. The molecule has 0 radical (unpaired) electrons. The summed E-state index contributed by atoms with van der Waals surface area (Å²) in [5.41, 5.74) is 7.26. The van der Waals surface area contributed by atoms with Crippen LogP contribution in [0.1, 0.15) is 24.9 Å². The van der Waals surface area contributed by atoms with E-state index in [4.69, 9.17) is 5.73 Å². The molecule has 0 saturated carbocycles. The summed E-state index contributed by atoms with van der Waals surface area (Å²) in [5, 5.41) is 0. The highest BCUT2D eigenvalue weighted by Gasteiger charge is 2.11.